The molecule has 1 saturated heterocycles. The minimum atomic E-state index is -0.0832. The van der Waals surface area contributed by atoms with Gasteiger partial charge in [-0.2, -0.15) is 5.10 Å². The van der Waals surface area contributed by atoms with Crippen LogP contribution in [-0.4, -0.2) is 70.8 Å². The van der Waals surface area contributed by atoms with Crippen LogP contribution in [0.5, 0.6) is 0 Å². The largest absolute Gasteiger partial charge is 0.355 e. The molecule has 1 fully saturated rings. The Bertz CT molecular complexity index is 753. The topological polar surface area (TPSA) is 82.5 Å². The number of hydrogen-bond acceptors (Lipinski definition) is 4. The maximum atomic E-state index is 12.4. The molecule has 1 aromatic heterocycles. The van der Waals surface area contributed by atoms with Crippen LogP contribution >= 0.6 is 0 Å². The zero-order valence-electron chi connectivity index (χ0n) is 15.6. The minimum Gasteiger partial charge on any atom is -0.355 e. The molecule has 1 aliphatic heterocycles. The Morgan fingerprint density at radius 2 is 1.81 bits per heavy atom. The number of nitrogens with zero attached hydrogens (tertiary/aromatic N) is 4. The second kappa shape index (κ2) is 9.18. The first-order chi connectivity index (χ1) is 13.2. The average Bonchev–Trinajstić information content (AvgIpc) is 3.17. The standard InChI is InChI=1S/C19H26N6O2/c1-2-20-18(26)15-23-8-10-24(11-9-23)19(27)21-12-16-13-22-25(14-16)17-6-4-3-5-7-17/h3-7,13-14H,2,8-12,15H2,1H3,(H,20,26)(H,21,27). The fourth-order valence-corrected chi connectivity index (χ4v) is 3.03. The quantitative estimate of drug-likeness (QED) is 0.789. The van der Waals surface area contributed by atoms with Crippen molar-refractivity contribution in [3.05, 3.63) is 48.3 Å². The van der Waals surface area contributed by atoms with Gasteiger partial charge in [-0.25, -0.2) is 9.48 Å². The number of piperazine rings is 1. The third kappa shape index (κ3) is 5.30. The highest BCUT2D eigenvalue weighted by Gasteiger charge is 2.22. The molecule has 2 aromatic rings. The predicted octanol–water partition coefficient (Wildman–Crippen LogP) is 0.836. The van der Waals surface area contributed by atoms with Gasteiger partial charge < -0.3 is 15.5 Å². The molecule has 144 valence electrons. The average molecular weight is 370 g/mol. The fraction of sp³-hybridized carbons (Fsp3) is 0.421. The predicted molar refractivity (Wildman–Crippen MR) is 102 cm³/mol. The molecule has 0 unspecified atom stereocenters. The van der Waals surface area contributed by atoms with E-state index in [1.54, 1.807) is 15.8 Å². The number of likely N-dealkylation sites (N-methyl/N-ethyl adjacent to an activating group) is 1. The van der Waals surface area contributed by atoms with Crippen LogP contribution in [-0.2, 0) is 11.3 Å². The lowest BCUT2D eigenvalue weighted by Gasteiger charge is -2.34. The van der Waals surface area contributed by atoms with Crippen molar-refractivity contribution in [3.8, 4) is 5.69 Å². The van der Waals surface area contributed by atoms with Gasteiger partial charge in [0.05, 0.1) is 18.4 Å². The summed E-state index contributed by atoms with van der Waals surface area (Å²) in [5.41, 5.74) is 1.93. The molecule has 1 aliphatic rings. The highest BCUT2D eigenvalue weighted by Crippen LogP contribution is 2.08. The van der Waals surface area contributed by atoms with Gasteiger partial charge in [-0.3, -0.25) is 9.69 Å². The van der Waals surface area contributed by atoms with Crippen LogP contribution in [0.1, 0.15) is 12.5 Å². The van der Waals surface area contributed by atoms with E-state index in [0.717, 1.165) is 11.3 Å². The van der Waals surface area contributed by atoms with Gasteiger partial charge >= 0.3 is 6.03 Å². The molecule has 2 N–H and O–H groups in total. The maximum absolute atomic E-state index is 12.4. The molecule has 3 amide bonds. The smallest absolute Gasteiger partial charge is 0.317 e. The van der Waals surface area contributed by atoms with Gasteiger partial charge in [-0.05, 0) is 19.1 Å². The Morgan fingerprint density at radius 1 is 1.07 bits per heavy atom. The molecule has 27 heavy (non-hydrogen) atoms. The van der Waals surface area contributed by atoms with Gasteiger partial charge in [0, 0.05) is 51.0 Å². The Balaban J connectivity index is 1.43. The van der Waals surface area contributed by atoms with E-state index in [1.165, 1.54) is 0 Å². The summed E-state index contributed by atoms with van der Waals surface area (Å²) in [7, 11) is 0. The third-order valence-corrected chi connectivity index (χ3v) is 4.50. The number of para-hydroxylation sites is 1. The molecular weight excluding hydrogens is 344 g/mol. The number of aromatic nitrogens is 2. The van der Waals surface area contributed by atoms with Gasteiger partial charge in [-0.1, -0.05) is 18.2 Å². The Hall–Kier alpha value is -2.87. The summed E-state index contributed by atoms with van der Waals surface area (Å²) < 4.78 is 1.79. The molecule has 0 atom stereocenters. The molecule has 3 rings (SSSR count). The van der Waals surface area contributed by atoms with Crippen molar-refractivity contribution in [2.75, 3.05) is 39.3 Å². The van der Waals surface area contributed by atoms with Crippen LogP contribution in [0.25, 0.3) is 5.69 Å². The lowest BCUT2D eigenvalue weighted by Crippen LogP contribution is -2.53. The van der Waals surface area contributed by atoms with Crippen molar-refractivity contribution in [2.24, 2.45) is 0 Å². The second-order valence-electron chi connectivity index (χ2n) is 6.50. The summed E-state index contributed by atoms with van der Waals surface area (Å²) in [6, 6.07) is 9.77. The van der Waals surface area contributed by atoms with Crippen LogP contribution in [0.2, 0.25) is 0 Å². The van der Waals surface area contributed by atoms with Gasteiger partial charge in [0.2, 0.25) is 5.91 Å². The molecule has 1 aromatic carbocycles. The van der Waals surface area contributed by atoms with Crippen LogP contribution in [0.4, 0.5) is 4.79 Å². The molecule has 0 saturated carbocycles. The Morgan fingerprint density at radius 3 is 2.52 bits per heavy atom. The van der Waals surface area contributed by atoms with Crippen LogP contribution < -0.4 is 10.6 Å². The number of hydrogen-bond donors (Lipinski definition) is 2. The van der Waals surface area contributed by atoms with E-state index in [2.05, 4.69) is 20.6 Å². The van der Waals surface area contributed by atoms with Crippen molar-refractivity contribution in [1.29, 1.82) is 0 Å². The first-order valence-corrected chi connectivity index (χ1v) is 9.26. The normalized spacial score (nSPS) is 14.8. The molecule has 0 radical (unpaired) electrons. The summed E-state index contributed by atoms with van der Waals surface area (Å²) in [4.78, 5) is 27.9. The summed E-state index contributed by atoms with van der Waals surface area (Å²) in [6.45, 7) is 6.02. The third-order valence-electron chi connectivity index (χ3n) is 4.50. The van der Waals surface area contributed by atoms with E-state index in [-0.39, 0.29) is 11.9 Å². The van der Waals surface area contributed by atoms with Gasteiger partial charge in [0.25, 0.3) is 0 Å². The highest BCUT2D eigenvalue weighted by atomic mass is 16.2. The zero-order valence-corrected chi connectivity index (χ0v) is 15.6. The van der Waals surface area contributed by atoms with E-state index in [4.69, 9.17) is 0 Å². The number of urea groups is 1. The lowest BCUT2D eigenvalue weighted by atomic mass is 10.3. The first kappa shape index (κ1) is 18.9. The highest BCUT2D eigenvalue weighted by molar-refractivity contribution is 5.78. The molecule has 2 heterocycles. The van der Waals surface area contributed by atoms with Gasteiger partial charge in [0.15, 0.2) is 0 Å². The van der Waals surface area contributed by atoms with E-state index in [9.17, 15) is 9.59 Å². The van der Waals surface area contributed by atoms with Gasteiger partial charge in [0.1, 0.15) is 0 Å². The Kier molecular flexibility index (Phi) is 6.43. The zero-order chi connectivity index (χ0) is 19.1. The van der Waals surface area contributed by atoms with Crippen LogP contribution in [0.3, 0.4) is 0 Å². The number of carbonyl (C=O) groups excluding carboxylic acids is 2. The SMILES string of the molecule is CCNC(=O)CN1CCN(C(=O)NCc2cnn(-c3ccccc3)c2)CC1. The number of rotatable bonds is 6. The van der Waals surface area contributed by atoms with Crippen molar-refractivity contribution in [2.45, 2.75) is 13.5 Å². The van der Waals surface area contributed by atoms with E-state index in [0.29, 0.717) is 45.8 Å². The Labute approximate surface area is 159 Å². The first-order valence-electron chi connectivity index (χ1n) is 9.26. The number of carbonyl (C=O) groups is 2. The van der Waals surface area contributed by atoms with E-state index in [1.807, 2.05) is 43.5 Å². The van der Waals surface area contributed by atoms with Crippen molar-refractivity contribution in [3.63, 3.8) is 0 Å². The summed E-state index contributed by atoms with van der Waals surface area (Å²) in [5, 5.41) is 10.1. The summed E-state index contributed by atoms with van der Waals surface area (Å²) in [6.07, 6.45) is 3.68. The van der Waals surface area contributed by atoms with Crippen LogP contribution in [0, 0.1) is 0 Å². The van der Waals surface area contributed by atoms with Crippen molar-refractivity contribution >= 4 is 11.9 Å². The van der Waals surface area contributed by atoms with Crippen molar-refractivity contribution in [1.82, 2.24) is 30.2 Å². The van der Waals surface area contributed by atoms with Gasteiger partial charge in [-0.15, -0.1) is 0 Å². The molecule has 0 aliphatic carbocycles. The van der Waals surface area contributed by atoms with E-state index >= 15 is 0 Å². The number of nitrogens with one attached hydrogen (secondary N) is 2. The van der Waals surface area contributed by atoms with Crippen LogP contribution in [0.15, 0.2) is 42.7 Å². The monoisotopic (exact) mass is 370 g/mol. The minimum absolute atomic E-state index is 0.0332. The molecular formula is C19H26N6O2. The summed E-state index contributed by atoms with van der Waals surface area (Å²) in [5.74, 6) is 0.0332. The number of benzene rings is 1. The molecule has 8 nitrogen and oxygen atoms in total. The molecule has 8 heteroatoms. The second-order valence-corrected chi connectivity index (χ2v) is 6.50. The van der Waals surface area contributed by atoms with Crippen molar-refractivity contribution < 1.29 is 9.59 Å². The molecule has 0 spiro atoms. The number of amides is 3. The lowest BCUT2D eigenvalue weighted by molar-refractivity contribution is -0.122. The summed E-state index contributed by atoms with van der Waals surface area (Å²) >= 11 is 0. The van der Waals surface area contributed by atoms with E-state index < -0.39 is 0 Å². The molecule has 0 bridgehead atoms. The fourth-order valence-electron chi connectivity index (χ4n) is 3.03. The maximum Gasteiger partial charge on any atom is 0.317 e.